The third kappa shape index (κ3) is 8.29. The number of carbonyl (C=O) groups is 2. The van der Waals surface area contributed by atoms with Crippen LogP contribution in [0.25, 0.3) is 32.8 Å². The van der Waals surface area contributed by atoms with E-state index in [1.807, 2.05) is 102 Å². The van der Waals surface area contributed by atoms with Gasteiger partial charge in [-0.25, -0.2) is 4.79 Å². The molecule has 0 spiro atoms. The van der Waals surface area contributed by atoms with Crippen LogP contribution in [-0.4, -0.2) is 62.5 Å². The molecule has 0 radical (unpaired) electrons. The van der Waals surface area contributed by atoms with Gasteiger partial charge in [0.1, 0.15) is 17.2 Å². The van der Waals surface area contributed by atoms with Crippen molar-refractivity contribution in [1.82, 2.24) is 24.1 Å². The highest BCUT2D eigenvalue weighted by atomic mass is 35.5. The molecule has 1 N–H and O–H groups in total. The van der Waals surface area contributed by atoms with Crippen molar-refractivity contribution in [3.05, 3.63) is 123 Å². The molecule has 14 heteroatoms. The average molecular weight is 838 g/mol. The van der Waals surface area contributed by atoms with Crippen LogP contribution in [0.4, 0.5) is 0 Å². The predicted molar refractivity (Wildman–Crippen MR) is 231 cm³/mol. The molecule has 0 amide bonds. The Labute approximate surface area is 350 Å². The fourth-order valence-electron chi connectivity index (χ4n) is 7.40. The summed E-state index contributed by atoms with van der Waals surface area (Å²) in [7, 11) is 8.12. The van der Waals surface area contributed by atoms with Crippen LogP contribution in [0, 0.1) is 6.92 Å². The summed E-state index contributed by atoms with van der Waals surface area (Å²) in [5, 5.41) is 23.8. The third-order valence-corrected chi connectivity index (χ3v) is 12.6. The molecule has 0 aliphatic carbocycles. The SMILES string of the molecule is COC(=O)CCc1c(C(=O)OC)n(C)c2c(-c3c(CSCc4cc(CSc5cc(O)c6ccccc6c5)n(C)n4)nn(Cc4ccc(OC)cc4)c3C)c(Cl)ccc12. The van der Waals surface area contributed by atoms with Crippen molar-refractivity contribution in [2.24, 2.45) is 14.1 Å². The smallest absolute Gasteiger partial charge is 0.354 e. The highest BCUT2D eigenvalue weighted by Crippen LogP contribution is 2.43. The van der Waals surface area contributed by atoms with Crippen molar-refractivity contribution in [3.8, 4) is 22.6 Å². The summed E-state index contributed by atoms with van der Waals surface area (Å²) in [6.45, 7) is 2.55. The number of ether oxygens (including phenoxy) is 3. The van der Waals surface area contributed by atoms with Gasteiger partial charge in [-0.1, -0.05) is 54.1 Å². The van der Waals surface area contributed by atoms with E-state index in [-0.39, 0.29) is 24.6 Å². The largest absolute Gasteiger partial charge is 0.507 e. The molecule has 11 nitrogen and oxygen atoms in total. The number of esters is 2. The monoisotopic (exact) mass is 837 g/mol. The predicted octanol–water partition coefficient (Wildman–Crippen LogP) is 9.27. The summed E-state index contributed by atoms with van der Waals surface area (Å²) in [5.41, 5.74) is 8.24. The number of aromatic nitrogens is 5. The molecule has 0 fully saturated rings. The summed E-state index contributed by atoms with van der Waals surface area (Å²) in [5.74, 6) is 2.06. The molecular formula is C44H44ClN5O6S2. The molecular weight excluding hydrogens is 794 g/mol. The number of aryl methyl sites for hydroxylation is 3. The lowest BCUT2D eigenvalue weighted by Crippen LogP contribution is -2.11. The molecule has 300 valence electrons. The lowest BCUT2D eigenvalue weighted by molar-refractivity contribution is -0.140. The Morgan fingerprint density at radius 1 is 0.862 bits per heavy atom. The number of benzene rings is 4. The Morgan fingerprint density at radius 2 is 1.64 bits per heavy atom. The first-order chi connectivity index (χ1) is 28.0. The zero-order valence-corrected chi connectivity index (χ0v) is 35.6. The molecule has 0 unspecified atom stereocenters. The number of fused-ring (bicyclic) bond motifs is 2. The van der Waals surface area contributed by atoms with Gasteiger partial charge in [0.15, 0.2) is 0 Å². The zero-order valence-electron chi connectivity index (χ0n) is 33.2. The van der Waals surface area contributed by atoms with E-state index >= 15 is 0 Å². The maximum atomic E-state index is 13.3. The minimum Gasteiger partial charge on any atom is -0.507 e. The van der Waals surface area contributed by atoms with Gasteiger partial charge in [-0.3, -0.25) is 14.2 Å². The summed E-state index contributed by atoms with van der Waals surface area (Å²) in [6.07, 6.45) is 0.377. The summed E-state index contributed by atoms with van der Waals surface area (Å²) < 4.78 is 21.3. The number of hydrogen-bond donors (Lipinski definition) is 1. The lowest BCUT2D eigenvalue weighted by atomic mass is 9.98. The third-order valence-electron chi connectivity index (χ3n) is 10.3. The average Bonchev–Trinajstić information content (AvgIpc) is 3.84. The Balaban J connectivity index is 1.21. The number of phenolic OH excluding ortho intramolecular Hbond substituents is 1. The molecule has 58 heavy (non-hydrogen) atoms. The first-order valence-electron chi connectivity index (χ1n) is 18.6. The Bertz CT molecular complexity index is 2650. The lowest BCUT2D eigenvalue weighted by Gasteiger charge is -2.12. The second-order valence-corrected chi connectivity index (χ2v) is 16.3. The second-order valence-electron chi connectivity index (χ2n) is 13.9. The van der Waals surface area contributed by atoms with E-state index in [4.69, 9.17) is 36.0 Å². The van der Waals surface area contributed by atoms with Gasteiger partial charge in [-0.05, 0) is 66.3 Å². The van der Waals surface area contributed by atoms with Gasteiger partial charge in [0.2, 0.25) is 0 Å². The molecule has 0 bridgehead atoms. The van der Waals surface area contributed by atoms with E-state index in [1.54, 1.807) is 30.6 Å². The van der Waals surface area contributed by atoms with Crippen molar-refractivity contribution in [2.45, 2.75) is 48.5 Å². The van der Waals surface area contributed by atoms with Crippen molar-refractivity contribution in [3.63, 3.8) is 0 Å². The van der Waals surface area contributed by atoms with E-state index in [2.05, 4.69) is 12.1 Å². The van der Waals surface area contributed by atoms with Gasteiger partial charge < -0.3 is 23.9 Å². The number of rotatable bonds is 15. The summed E-state index contributed by atoms with van der Waals surface area (Å²) >= 11 is 10.5. The standard InChI is InChI=1S/C44H44ClN5O6S2/c1-26-40(41-36(45)17-15-34-35(16-18-39(52)55-5)43(44(53)56-6)48(2)42(34)41)37(47-50(26)22-27-11-13-31(54-4)14-12-27)25-57-23-29-20-30(49(3)46-29)24-58-32-19-28-9-7-8-10-33(28)38(51)21-32/h7-15,17,19-21,51H,16,18,22-25H2,1-6H3. The van der Waals surface area contributed by atoms with Crippen LogP contribution in [-0.2, 0) is 58.6 Å². The van der Waals surface area contributed by atoms with E-state index in [0.29, 0.717) is 40.1 Å². The number of phenols is 1. The zero-order chi connectivity index (χ0) is 41.1. The molecule has 7 aromatic rings. The first kappa shape index (κ1) is 40.8. The minimum atomic E-state index is -0.508. The minimum absolute atomic E-state index is 0.0965. The maximum Gasteiger partial charge on any atom is 0.354 e. The van der Waals surface area contributed by atoms with Crippen LogP contribution < -0.4 is 4.74 Å². The van der Waals surface area contributed by atoms with E-state index < -0.39 is 5.97 Å². The maximum absolute atomic E-state index is 13.3. The number of methoxy groups -OCH3 is 3. The first-order valence-corrected chi connectivity index (χ1v) is 21.1. The number of halogens is 1. The van der Waals surface area contributed by atoms with Crippen molar-refractivity contribution < 1.29 is 28.9 Å². The van der Waals surface area contributed by atoms with Crippen LogP contribution in [0.15, 0.2) is 83.8 Å². The van der Waals surface area contributed by atoms with Gasteiger partial charge in [0.25, 0.3) is 0 Å². The van der Waals surface area contributed by atoms with E-state index in [0.717, 1.165) is 71.8 Å². The van der Waals surface area contributed by atoms with Gasteiger partial charge in [0.05, 0.1) is 49.8 Å². The van der Waals surface area contributed by atoms with Gasteiger partial charge in [0, 0.05) is 76.0 Å². The molecule has 4 aromatic carbocycles. The fourth-order valence-corrected chi connectivity index (χ4v) is 9.49. The quantitative estimate of drug-likeness (QED) is 0.0790. The Hall–Kier alpha value is -5.37. The van der Waals surface area contributed by atoms with Crippen molar-refractivity contribution in [1.29, 1.82) is 0 Å². The molecule has 0 saturated heterocycles. The molecule has 0 aliphatic heterocycles. The van der Waals surface area contributed by atoms with E-state index in [9.17, 15) is 14.7 Å². The van der Waals surface area contributed by atoms with Crippen LogP contribution in [0.3, 0.4) is 0 Å². The van der Waals surface area contributed by atoms with Crippen LogP contribution in [0.5, 0.6) is 11.5 Å². The van der Waals surface area contributed by atoms with Crippen molar-refractivity contribution in [2.75, 3.05) is 21.3 Å². The Kier molecular flexibility index (Phi) is 12.4. The summed E-state index contributed by atoms with van der Waals surface area (Å²) in [4.78, 5) is 26.5. The molecule has 0 saturated carbocycles. The highest BCUT2D eigenvalue weighted by Gasteiger charge is 2.28. The molecule has 3 aromatic heterocycles. The topological polar surface area (TPSA) is 123 Å². The van der Waals surface area contributed by atoms with E-state index in [1.165, 1.54) is 14.2 Å². The van der Waals surface area contributed by atoms with Crippen LogP contribution in [0.1, 0.15) is 50.8 Å². The molecule has 3 heterocycles. The van der Waals surface area contributed by atoms with Crippen LogP contribution in [0.2, 0.25) is 5.02 Å². The fraction of sp³-hybridized carbons (Fsp3) is 0.273. The molecule has 0 atom stereocenters. The summed E-state index contributed by atoms with van der Waals surface area (Å²) in [6, 6.07) is 25.5. The van der Waals surface area contributed by atoms with Gasteiger partial charge in [-0.15, -0.1) is 23.5 Å². The number of carbonyl (C=O) groups excluding carboxylic acids is 2. The number of hydrogen-bond acceptors (Lipinski definition) is 10. The molecule has 0 aliphatic rings. The normalized spacial score (nSPS) is 11.4. The number of aromatic hydroxyl groups is 1. The molecule has 7 rings (SSSR count). The van der Waals surface area contributed by atoms with Gasteiger partial charge in [-0.2, -0.15) is 10.2 Å². The van der Waals surface area contributed by atoms with Crippen molar-refractivity contribution >= 4 is 68.7 Å². The number of thioether (sulfide) groups is 2. The highest BCUT2D eigenvalue weighted by molar-refractivity contribution is 7.98. The van der Waals surface area contributed by atoms with Gasteiger partial charge >= 0.3 is 11.9 Å². The second kappa shape index (κ2) is 17.6. The van der Waals surface area contributed by atoms with Crippen LogP contribution >= 0.6 is 35.1 Å². The number of nitrogens with zero attached hydrogens (tertiary/aromatic N) is 5. The Morgan fingerprint density at radius 3 is 2.38 bits per heavy atom.